The second-order valence-electron chi connectivity index (χ2n) is 9.54. The van der Waals surface area contributed by atoms with E-state index in [-0.39, 0.29) is 22.5 Å². The first kappa shape index (κ1) is 25.3. The van der Waals surface area contributed by atoms with Gasteiger partial charge in [-0.1, -0.05) is 46.3 Å². The minimum Gasteiger partial charge on any atom is -0.358 e. The first-order valence-electron chi connectivity index (χ1n) is 12.0. The molecule has 192 valence electrons. The summed E-state index contributed by atoms with van der Waals surface area (Å²) in [6.45, 7) is 0. The standard InChI is InChI=1S/C27H24ClFIN3O3S/c28-19-8-11-24-23(16-19)22-12-18(13-25(22)31-24)15-26-32(29)33(37(34,35)21-4-2-1-3-5-21)27(36-26)14-17-6-9-20(30)10-7-17/h1-11,16,18,26-27,31H,12-15H2. The number of nitrogens with zero attached hydrogens (tertiary/aromatic N) is 2. The van der Waals surface area contributed by atoms with Crippen molar-refractivity contribution < 1.29 is 17.6 Å². The number of H-pyrrole nitrogens is 1. The van der Waals surface area contributed by atoms with Crippen LogP contribution in [0, 0.1) is 9.49 Å². The van der Waals surface area contributed by atoms with Gasteiger partial charge in [0.25, 0.3) is 10.0 Å². The molecule has 2 aliphatic rings. The van der Waals surface area contributed by atoms with Crippen molar-refractivity contribution in [3.8, 4) is 0 Å². The lowest BCUT2D eigenvalue weighted by Gasteiger charge is -2.24. The van der Waals surface area contributed by atoms with Crippen molar-refractivity contribution in [2.45, 2.75) is 43.0 Å². The zero-order valence-electron chi connectivity index (χ0n) is 19.6. The summed E-state index contributed by atoms with van der Waals surface area (Å²) in [7, 11) is -4.17. The number of fused-ring (bicyclic) bond motifs is 3. The highest BCUT2D eigenvalue weighted by Gasteiger charge is 2.49. The van der Waals surface area contributed by atoms with E-state index in [0.29, 0.717) is 11.4 Å². The van der Waals surface area contributed by atoms with Crippen molar-refractivity contribution >= 4 is 55.1 Å². The summed E-state index contributed by atoms with van der Waals surface area (Å²) in [5, 5.41) is 2.03. The zero-order valence-corrected chi connectivity index (χ0v) is 23.4. The molecule has 3 atom stereocenters. The van der Waals surface area contributed by atoms with Crippen molar-refractivity contribution in [2.24, 2.45) is 5.92 Å². The molecular formula is C27H24ClFIN3O3S. The number of sulfonamides is 1. The van der Waals surface area contributed by atoms with Gasteiger partial charge in [-0.2, -0.15) is 0 Å². The fraction of sp³-hybridized carbons (Fsp3) is 0.259. The molecule has 0 spiro atoms. The Morgan fingerprint density at radius 3 is 2.54 bits per heavy atom. The Hall–Kier alpha value is -2.02. The predicted molar refractivity (Wildman–Crippen MR) is 149 cm³/mol. The van der Waals surface area contributed by atoms with Gasteiger partial charge >= 0.3 is 0 Å². The van der Waals surface area contributed by atoms with Gasteiger partial charge in [-0.25, -0.2) is 8.42 Å². The number of rotatable bonds is 6. The maximum absolute atomic E-state index is 15.9. The molecule has 4 aromatic rings. The van der Waals surface area contributed by atoms with Crippen molar-refractivity contribution in [3.05, 3.63) is 98.2 Å². The van der Waals surface area contributed by atoms with E-state index < -0.39 is 22.5 Å². The predicted octanol–water partition coefficient (Wildman–Crippen LogP) is 6.25. The molecular weight excluding hydrogens is 628 g/mol. The molecule has 0 amide bonds. The van der Waals surface area contributed by atoms with E-state index in [1.54, 1.807) is 18.2 Å². The van der Waals surface area contributed by atoms with Crippen LogP contribution < -0.4 is 0 Å². The van der Waals surface area contributed by atoms with Crippen LogP contribution in [0.25, 0.3) is 10.9 Å². The fourth-order valence-corrected chi connectivity index (χ4v) is 7.36. The molecule has 0 saturated carbocycles. The van der Waals surface area contributed by atoms with Gasteiger partial charge in [0.1, 0.15) is 6.23 Å². The molecule has 6 nitrogen and oxygen atoms in total. The Kier molecular flexibility index (Phi) is 6.79. The summed E-state index contributed by atoms with van der Waals surface area (Å²) in [5.74, 6) is 0.103. The summed E-state index contributed by atoms with van der Waals surface area (Å²) in [6.07, 6.45) is 0.0482. The average molecular weight is 652 g/mol. The Bertz CT molecular complexity index is 1550. The maximum atomic E-state index is 15.9. The summed E-state index contributed by atoms with van der Waals surface area (Å²) in [5.41, 5.74) is 4.21. The third kappa shape index (κ3) is 4.81. The van der Waals surface area contributed by atoms with Crippen LogP contribution in [0.2, 0.25) is 5.02 Å². The topological polar surface area (TPSA) is 65.6 Å². The molecule has 1 N–H and O–H groups in total. The zero-order chi connectivity index (χ0) is 25.7. The number of halogens is 3. The first-order valence-corrected chi connectivity index (χ1v) is 14.9. The Labute approximate surface area is 233 Å². The number of hydrogen-bond donors (Lipinski definition) is 1. The fourth-order valence-electron chi connectivity index (χ4n) is 5.37. The molecule has 1 aliphatic heterocycles. The van der Waals surface area contributed by atoms with Gasteiger partial charge < -0.3 is 9.72 Å². The maximum Gasteiger partial charge on any atom is 0.260 e. The second kappa shape index (κ2) is 9.94. The Morgan fingerprint density at radius 1 is 1.03 bits per heavy atom. The lowest BCUT2D eigenvalue weighted by molar-refractivity contribution is -0.144. The lowest BCUT2D eigenvalue weighted by Crippen LogP contribution is -2.44. The number of aromatic amines is 1. The van der Waals surface area contributed by atoms with E-state index in [1.807, 2.05) is 42.5 Å². The molecule has 3 unspecified atom stereocenters. The summed E-state index contributed by atoms with van der Waals surface area (Å²) < 4.78 is 51.0. The van der Waals surface area contributed by atoms with Crippen LogP contribution in [0.3, 0.4) is 0 Å². The van der Waals surface area contributed by atoms with Crippen molar-refractivity contribution in [1.82, 2.24) is 14.6 Å². The van der Waals surface area contributed by atoms with Gasteiger partial charge in [0.15, 0.2) is 6.23 Å². The van der Waals surface area contributed by atoms with Crippen molar-refractivity contribution in [1.29, 1.82) is 0 Å². The number of nitrogens with one attached hydrogen (secondary N) is 1. The number of hydrogen-bond acceptors (Lipinski definition) is 4. The molecule has 0 bridgehead atoms. The van der Waals surface area contributed by atoms with Crippen LogP contribution in [-0.4, -0.2) is 35.5 Å². The number of benzene rings is 3. The molecule has 1 saturated heterocycles. The highest BCUT2D eigenvalue weighted by molar-refractivity contribution is 14.1. The third-order valence-corrected chi connectivity index (χ3v) is 9.78. The van der Waals surface area contributed by atoms with E-state index in [9.17, 15) is 8.42 Å². The van der Waals surface area contributed by atoms with Gasteiger partial charge in [0, 0.05) is 31.6 Å². The number of ether oxygens (including phenoxy) is 1. The van der Waals surface area contributed by atoms with Gasteiger partial charge in [0.05, 0.1) is 4.90 Å². The Balaban J connectivity index is 1.26. The Morgan fingerprint density at radius 2 is 1.78 bits per heavy atom. The van der Waals surface area contributed by atoms with E-state index in [4.69, 9.17) is 16.3 Å². The smallest absolute Gasteiger partial charge is 0.260 e. The molecule has 1 aliphatic carbocycles. The van der Waals surface area contributed by atoms with E-state index in [0.717, 1.165) is 43.0 Å². The van der Waals surface area contributed by atoms with E-state index >= 15 is 4.48 Å². The molecule has 1 aromatic heterocycles. The van der Waals surface area contributed by atoms with Crippen LogP contribution in [0.1, 0.15) is 23.2 Å². The summed E-state index contributed by atoms with van der Waals surface area (Å²) in [6, 6.07) is 21.4. The molecule has 37 heavy (non-hydrogen) atoms. The van der Waals surface area contributed by atoms with Gasteiger partial charge in [-0.05, 0) is 107 Å². The monoisotopic (exact) mass is 651 g/mol. The SMILES string of the molecule is O=S(=O)(c1ccccc1)N1C(Cc2ccc(I)cc2)OC(CC2Cc3[nH]c4ccc(Cl)cc4c3C2)N1F. The van der Waals surface area contributed by atoms with Gasteiger partial charge in [-0.15, -0.1) is 4.48 Å². The molecule has 0 radical (unpaired) electrons. The molecule has 10 heteroatoms. The summed E-state index contributed by atoms with van der Waals surface area (Å²) in [4.78, 5) is 3.48. The average Bonchev–Trinajstić information content (AvgIpc) is 3.52. The van der Waals surface area contributed by atoms with Crippen LogP contribution >= 0.6 is 34.2 Å². The van der Waals surface area contributed by atoms with Crippen LogP contribution in [0.5, 0.6) is 0 Å². The normalized spacial score (nSPS) is 22.6. The molecule has 1 fully saturated rings. The highest BCUT2D eigenvalue weighted by atomic mass is 127. The molecule has 6 rings (SSSR count). The third-order valence-electron chi connectivity index (χ3n) is 7.07. The van der Waals surface area contributed by atoms with Crippen molar-refractivity contribution in [2.75, 3.05) is 0 Å². The number of aromatic nitrogens is 1. The highest BCUT2D eigenvalue weighted by Crippen LogP contribution is 2.40. The largest absolute Gasteiger partial charge is 0.358 e. The minimum absolute atomic E-state index is 0.0219. The van der Waals surface area contributed by atoms with Crippen molar-refractivity contribution in [3.63, 3.8) is 0 Å². The van der Waals surface area contributed by atoms with Crippen LogP contribution in [0.4, 0.5) is 4.48 Å². The summed E-state index contributed by atoms with van der Waals surface area (Å²) >= 11 is 8.43. The first-order chi connectivity index (χ1) is 17.8. The molecule has 2 heterocycles. The number of hydrazine groups is 1. The molecule has 3 aromatic carbocycles. The van der Waals surface area contributed by atoms with E-state index in [2.05, 4.69) is 27.6 Å². The van der Waals surface area contributed by atoms with E-state index in [1.165, 1.54) is 17.7 Å². The van der Waals surface area contributed by atoms with Gasteiger partial charge in [0.2, 0.25) is 0 Å². The van der Waals surface area contributed by atoms with Crippen LogP contribution in [-0.2, 0) is 34.0 Å². The minimum atomic E-state index is -4.17. The lowest BCUT2D eigenvalue weighted by atomic mass is 10.0. The van der Waals surface area contributed by atoms with Crippen LogP contribution in [0.15, 0.2) is 77.7 Å². The second-order valence-corrected chi connectivity index (χ2v) is 13.0. The van der Waals surface area contributed by atoms with Gasteiger partial charge in [-0.3, -0.25) is 0 Å². The quantitative estimate of drug-likeness (QED) is 0.198.